The second-order valence-electron chi connectivity index (χ2n) is 11.1. The van der Waals surface area contributed by atoms with Crippen molar-refractivity contribution >= 4 is 11.9 Å². The highest BCUT2D eigenvalue weighted by atomic mass is 19.1. The Morgan fingerprint density at radius 2 is 1.36 bits per heavy atom. The van der Waals surface area contributed by atoms with Crippen LogP contribution < -0.4 is 5.32 Å². The summed E-state index contributed by atoms with van der Waals surface area (Å²) in [6, 6.07) is 27.0. The van der Waals surface area contributed by atoms with Crippen LogP contribution in [0.1, 0.15) is 42.3 Å². The summed E-state index contributed by atoms with van der Waals surface area (Å²) >= 11 is 0. The van der Waals surface area contributed by atoms with Gasteiger partial charge in [-0.05, 0) is 64.1 Å². The Labute approximate surface area is 243 Å². The molecule has 0 aliphatic heterocycles. The first-order valence-corrected chi connectivity index (χ1v) is 13.5. The molecular formula is C34H30FN3O4. The molecule has 1 unspecified atom stereocenters. The van der Waals surface area contributed by atoms with Crippen LogP contribution in [0.15, 0.2) is 102 Å². The fraction of sp³-hybridized carbons (Fsp3) is 0.176. The predicted octanol–water partition coefficient (Wildman–Crippen LogP) is 6.93. The minimum atomic E-state index is -1.12. The third-order valence-electron chi connectivity index (χ3n) is 7.00. The summed E-state index contributed by atoms with van der Waals surface area (Å²) in [5.41, 5.74) is 5.44. The summed E-state index contributed by atoms with van der Waals surface area (Å²) in [5, 5.41) is 16.5. The number of rotatable bonds is 8. The number of benzene rings is 4. The maximum absolute atomic E-state index is 13.2. The van der Waals surface area contributed by atoms with E-state index in [9.17, 15) is 19.1 Å². The number of amides is 1. The van der Waals surface area contributed by atoms with Gasteiger partial charge in [0.2, 0.25) is 5.82 Å². The van der Waals surface area contributed by atoms with Crippen LogP contribution in [0.4, 0.5) is 4.39 Å². The minimum Gasteiger partial charge on any atom is -0.480 e. The second-order valence-corrected chi connectivity index (χ2v) is 11.1. The molecule has 7 nitrogen and oxygen atoms in total. The van der Waals surface area contributed by atoms with Crippen molar-refractivity contribution in [2.45, 2.75) is 38.6 Å². The lowest BCUT2D eigenvalue weighted by Gasteiger charge is -2.19. The Bertz CT molecular complexity index is 1690. The molecule has 0 saturated heterocycles. The number of carbonyl (C=O) groups is 2. The largest absolute Gasteiger partial charge is 0.480 e. The molecule has 1 atom stereocenters. The fourth-order valence-electron chi connectivity index (χ4n) is 4.49. The number of aliphatic carboxylic acids is 1. The molecule has 1 amide bonds. The van der Waals surface area contributed by atoms with Crippen LogP contribution in [0.3, 0.4) is 0 Å². The molecule has 212 valence electrons. The van der Waals surface area contributed by atoms with Crippen LogP contribution in [0.5, 0.6) is 0 Å². The van der Waals surface area contributed by atoms with Crippen molar-refractivity contribution in [3.8, 4) is 34.0 Å². The molecule has 5 aromatic rings. The number of carboxylic acid groups (broad SMARTS) is 1. The summed E-state index contributed by atoms with van der Waals surface area (Å²) in [5.74, 6) is -1.10. The zero-order valence-electron chi connectivity index (χ0n) is 23.5. The van der Waals surface area contributed by atoms with Gasteiger partial charge in [0.25, 0.3) is 11.8 Å². The number of nitrogens with zero attached hydrogens (tertiary/aromatic N) is 2. The van der Waals surface area contributed by atoms with E-state index in [0.717, 1.165) is 27.8 Å². The molecule has 42 heavy (non-hydrogen) atoms. The average Bonchev–Trinajstić information content (AvgIpc) is 3.48. The van der Waals surface area contributed by atoms with Gasteiger partial charge in [0.05, 0.1) is 0 Å². The molecule has 0 saturated carbocycles. The maximum atomic E-state index is 13.2. The van der Waals surface area contributed by atoms with Gasteiger partial charge in [0.15, 0.2) is 0 Å². The van der Waals surface area contributed by atoms with E-state index in [4.69, 9.17) is 4.52 Å². The first-order chi connectivity index (χ1) is 20.1. The van der Waals surface area contributed by atoms with Gasteiger partial charge in [-0.1, -0.05) is 86.6 Å². The van der Waals surface area contributed by atoms with Gasteiger partial charge in [0, 0.05) is 23.1 Å². The average molecular weight is 564 g/mol. The van der Waals surface area contributed by atoms with E-state index >= 15 is 0 Å². The molecular weight excluding hydrogens is 533 g/mol. The number of nitrogens with one attached hydrogen (secondary N) is 1. The summed E-state index contributed by atoms with van der Waals surface area (Å²) in [7, 11) is 0. The van der Waals surface area contributed by atoms with E-state index in [1.807, 2.05) is 36.4 Å². The van der Waals surface area contributed by atoms with E-state index in [2.05, 4.69) is 36.2 Å². The van der Waals surface area contributed by atoms with Crippen molar-refractivity contribution in [3.63, 3.8) is 0 Å². The highest BCUT2D eigenvalue weighted by Crippen LogP contribution is 2.27. The number of hydrogen-bond acceptors (Lipinski definition) is 5. The smallest absolute Gasteiger partial charge is 0.326 e. The molecule has 0 bridgehead atoms. The Morgan fingerprint density at radius 1 is 0.810 bits per heavy atom. The molecule has 0 aliphatic carbocycles. The van der Waals surface area contributed by atoms with Crippen LogP contribution in [-0.2, 0) is 16.6 Å². The van der Waals surface area contributed by atoms with Crippen molar-refractivity contribution in [1.82, 2.24) is 15.5 Å². The van der Waals surface area contributed by atoms with Gasteiger partial charge in [-0.25, -0.2) is 9.18 Å². The van der Waals surface area contributed by atoms with E-state index in [1.165, 1.54) is 12.1 Å². The maximum Gasteiger partial charge on any atom is 0.326 e. The third-order valence-corrected chi connectivity index (χ3v) is 7.00. The number of carboxylic acids is 1. The van der Waals surface area contributed by atoms with E-state index < -0.39 is 17.9 Å². The lowest BCUT2D eigenvalue weighted by atomic mass is 9.86. The van der Waals surface area contributed by atoms with Crippen molar-refractivity contribution in [2.24, 2.45) is 0 Å². The molecule has 0 aliphatic rings. The number of carbonyl (C=O) groups excluding carboxylic acids is 1. The van der Waals surface area contributed by atoms with Crippen LogP contribution >= 0.6 is 0 Å². The standard InChI is InChI=1S/C34H30FN3O4/c1-34(2,3)27-16-12-25(13-17-27)31(39)36-29(33(40)41)20-21-4-6-24(7-5-21)30-37-32(42-38-30)26-10-8-22(9-11-26)23-14-18-28(35)19-15-23/h4-19,29H,20H2,1-3H3,(H,36,39)(H,40,41). The normalized spacial score (nSPS) is 12.1. The van der Waals surface area contributed by atoms with E-state index in [0.29, 0.717) is 22.8 Å². The van der Waals surface area contributed by atoms with Crippen LogP contribution in [-0.4, -0.2) is 33.2 Å². The van der Waals surface area contributed by atoms with E-state index in [1.54, 1.807) is 48.5 Å². The molecule has 5 rings (SSSR count). The quantitative estimate of drug-likeness (QED) is 0.212. The SMILES string of the molecule is CC(C)(C)c1ccc(C(=O)NC(Cc2ccc(-c3noc(-c4ccc(-c5ccc(F)cc5)cc4)n3)cc2)C(=O)O)cc1. The molecule has 0 fully saturated rings. The Kier molecular flexibility index (Phi) is 7.97. The topological polar surface area (TPSA) is 105 Å². The summed E-state index contributed by atoms with van der Waals surface area (Å²) in [6.07, 6.45) is 0.110. The number of aromatic nitrogens is 2. The highest BCUT2D eigenvalue weighted by Gasteiger charge is 2.22. The van der Waals surface area contributed by atoms with E-state index in [-0.39, 0.29) is 17.7 Å². The Balaban J connectivity index is 1.23. The third kappa shape index (κ3) is 6.61. The zero-order valence-corrected chi connectivity index (χ0v) is 23.5. The lowest BCUT2D eigenvalue weighted by molar-refractivity contribution is -0.139. The minimum absolute atomic E-state index is 0.0499. The molecule has 4 aromatic carbocycles. The predicted molar refractivity (Wildman–Crippen MR) is 158 cm³/mol. The van der Waals surface area contributed by atoms with Crippen LogP contribution in [0.25, 0.3) is 34.0 Å². The number of halogens is 1. The van der Waals surface area contributed by atoms with Crippen LogP contribution in [0.2, 0.25) is 0 Å². The molecule has 0 spiro atoms. The molecule has 1 aromatic heterocycles. The van der Waals surface area contributed by atoms with Crippen LogP contribution in [0, 0.1) is 5.82 Å². The highest BCUT2D eigenvalue weighted by molar-refractivity contribution is 5.96. The molecule has 2 N–H and O–H groups in total. The van der Waals surface area contributed by atoms with Gasteiger partial charge in [-0.2, -0.15) is 4.98 Å². The lowest BCUT2D eigenvalue weighted by Crippen LogP contribution is -2.42. The number of hydrogen-bond donors (Lipinski definition) is 2. The monoisotopic (exact) mass is 563 g/mol. The summed E-state index contributed by atoms with van der Waals surface area (Å²) < 4.78 is 18.7. The second kappa shape index (κ2) is 11.8. The van der Waals surface area contributed by atoms with Gasteiger partial charge < -0.3 is 14.9 Å². The summed E-state index contributed by atoms with van der Waals surface area (Å²) in [6.45, 7) is 6.26. The first kappa shape index (κ1) is 28.4. The van der Waals surface area contributed by atoms with Crippen molar-refractivity contribution < 1.29 is 23.6 Å². The zero-order chi connectivity index (χ0) is 29.9. The first-order valence-electron chi connectivity index (χ1n) is 13.5. The Hall–Kier alpha value is -5.11. The van der Waals surface area contributed by atoms with Gasteiger partial charge in [0.1, 0.15) is 11.9 Å². The van der Waals surface area contributed by atoms with Gasteiger partial charge in [-0.3, -0.25) is 4.79 Å². The van der Waals surface area contributed by atoms with Crippen molar-refractivity contribution in [3.05, 3.63) is 120 Å². The van der Waals surface area contributed by atoms with Crippen molar-refractivity contribution in [1.29, 1.82) is 0 Å². The van der Waals surface area contributed by atoms with Gasteiger partial charge in [-0.15, -0.1) is 0 Å². The molecule has 8 heteroatoms. The van der Waals surface area contributed by atoms with Gasteiger partial charge >= 0.3 is 5.97 Å². The summed E-state index contributed by atoms with van der Waals surface area (Å²) in [4.78, 5) is 29.2. The fourth-order valence-corrected chi connectivity index (χ4v) is 4.49. The Morgan fingerprint density at radius 3 is 1.93 bits per heavy atom. The van der Waals surface area contributed by atoms with Crippen molar-refractivity contribution in [2.75, 3.05) is 0 Å². The molecule has 1 heterocycles. The molecule has 0 radical (unpaired) electrons.